The molecule has 0 bridgehead atoms. The minimum Gasteiger partial charge on any atom is -0.390 e. The van der Waals surface area contributed by atoms with Crippen LogP contribution in [0.5, 0.6) is 0 Å². The van der Waals surface area contributed by atoms with Crippen molar-refractivity contribution in [3.8, 4) is 0 Å². The minimum atomic E-state index is -0.490. The molecule has 1 aliphatic rings. The fraction of sp³-hybridized carbons (Fsp3) is 0.615. The number of carbonyl (C=O) groups excluding carboxylic acids is 1. The van der Waals surface area contributed by atoms with Crippen molar-refractivity contribution in [3.63, 3.8) is 0 Å². The summed E-state index contributed by atoms with van der Waals surface area (Å²) in [6, 6.07) is 1.77. The third-order valence-corrected chi connectivity index (χ3v) is 3.26. The van der Waals surface area contributed by atoms with Gasteiger partial charge in [0.2, 0.25) is 0 Å². The van der Waals surface area contributed by atoms with E-state index in [1.165, 1.54) is 12.8 Å². The maximum absolute atomic E-state index is 11.8. The molecular weight excluding hydrogens is 230 g/mol. The molecule has 2 heterocycles. The zero-order valence-electron chi connectivity index (χ0n) is 10.8. The summed E-state index contributed by atoms with van der Waals surface area (Å²) < 4.78 is 1.83. The maximum atomic E-state index is 11.8. The lowest BCUT2D eigenvalue weighted by Crippen LogP contribution is -2.39. The van der Waals surface area contributed by atoms with Gasteiger partial charge >= 0.3 is 0 Å². The fourth-order valence-electron chi connectivity index (χ4n) is 2.28. The van der Waals surface area contributed by atoms with Gasteiger partial charge in [-0.3, -0.25) is 4.79 Å². The van der Waals surface area contributed by atoms with E-state index in [1.807, 2.05) is 17.8 Å². The zero-order valence-corrected chi connectivity index (χ0v) is 10.8. The van der Waals surface area contributed by atoms with Crippen LogP contribution in [0.1, 0.15) is 23.2 Å². The van der Waals surface area contributed by atoms with E-state index >= 15 is 0 Å². The number of hydrogen-bond donors (Lipinski definition) is 2. The van der Waals surface area contributed by atoms with Crippen LogP contribution in [-0.2, 0) is 7.05 Å². The fourth-order valence-corrected chi connectivity index (χ4v) is 2.28. The molecule has 0 aliphatic carbocycles. The number of hydrogen-bond acceptors (Lipinski definition) is 3. The minimum absolute atomic E-state index is 0.129. The summed E-state index contributed by atoms with van der Waals surface area (Å²) in [6.07, 6.45) is 5.53. The van der Waals surface area contributed by atoms with Gasteiger partial charge in [0, 0.05) is 32.5 Å². The SMILES string of the molecule is Cn1ccc(C(=O)NCC(O)CN2CCCC2)c1. The first-order valence-corrected chi connectivity index (χ1v) is 6.46. The summed E-state index contributed by atoms with van der Waals surface area (Å²) in [5.74, 6) is -0.129. The predicted molar refractivity (Wildman–Crippen MR) is 69.4 cm³/mol. The van der Waals surface area contributed by atoms with E-state index in [2.05, 4.69) is 10.2 Å². The Morgan fingerprint density at radius 1 is 1.50 bits per heavy atom. The van der Waals surface area contributed by atoms with Crippen LogP contribution >= 0.6 is 0 Å². The number of rotatable bonds is 5. The highest BCUT2D eigenvalue weighted by atomic mass is 16.3. The van der Waals surface area contributed by atoms with Crippen LogP contribution in [0.3, 0.4) is 0 Å². The summed E-state index contributed by atoms with van der Waals surface area (Å²) in [5.41, 5.74) is 0.630. The van der Waals surface area contributed by atoms with Crippen molar-refractivity contribution >= 4 is 5.91 Å². The van der Waals surface area contributed by atoms with Crippen molar-refractivity contribution in [3.05, 3.63) is 24.0 Å². The molecule has 1 amide bonds. The molecule has 0 saturated carbocycles. The average molecular weight is 251 g/mol. The van der Waals surface area contributed by atoms with Gasteiger partial charge in [-0.15, -0.1) is 0 Å². The van der Waals surface area contributed by atoms with E-state index < -0.39 is 6.10 Å². The van der Waals surface area contributed by atoms with Crippen molar-refractivity contribution in [2.24, 2.45) is 7.05 Å². The quantitative estimate of drug-likeness (QED) is 0.786. The Kier molecular flexibility index (Phi) is 4.38. The van der Waals surface area contributed by atoms with E-state index in [4.69, 9.17) is 0 Å². The van der Waals surface area contributed by atoms with Gasteiger partial charge < -0.3 is 19.9 Å². The second-order valence-corrected chi connectivity index (χ2v) is 4.94. The van der Waals surface area contributed by atoms with E-state index in [0.717, 1.165) is 13.1 Å². The predicted octanol–water partition coefficient (Wildman–Crippen LogP) is 0.212. The Morgan fingerprint density at radius 2 is 2.22 bits per heavy atom. The monoisotopic (exact) mass is 251 g/mol. The van der Waals surface area contributed by atoms with Crippen LogP contribution in [0.15, 0.2) is 18.5 Å². The lowest BCUT2D eigenvalue weighted by Gasteiger charge is -2.19. The first-order valence-electron chi connectivity index (χ1n) is 6.46. The molecule has 5 heteroatoms. The normalized spacial score (nSPS) is 17.9. The molecule has 0 radical (unpaired) electrons. The number of β-amino-alcohol motifs (C(OH)–C–C–N with tert-alkyl or cyclic N) is 1. The van der Waals surface area contributed by atoms with Gasteiger partial charge in [-0.05, 0) is 32.0 Å². The smallest absolute Gasteiger partial charge is 0.252 e. The summed E-state index contributed by atoms with van der Waals surface area (Å²) >= 11 is 0. The van der Waals surface area contributed by atoms with Crippen molar-refractivity contribution in [1.82, 2.24) is 14.8 Å². The second kappa shape index (κ2) is 6.02. The van der Waals surface area contributed by atoms with Gasteiger partial charge in [-0.25, -0.2) is 0 Å². The van der Waals surface area contributed by atoms with Crippen molar-refractivity contribution in [1.29, 1.82) is 0 Å². The van der Waals surface area contributed by atoms with Gasteiger partial charge in [0.05, 0.1) is 11.7 Å². The Bertz CT molecular complexity index is 397. The van der Waals surface area contributed by atoms with Crippen LogP contribution in [0, 0.1) is 0 Å². The molecule has 1 aromatic heterocycles. The zero-order chi connectivity index (χ0) is 13.0. The van der Waals surface area contributed by atoms with Crippen LogP contribution < -0.4 is 5.32 Å². The molecule has 5 nitrogen and oxygen atoms in total. The summed E-state index contributed by atoms with van der Waals surface area (Å²) in [5, 5.41) is 12.6. The number of amides is 1. The number of aliphatic hydroxyl groups is 1. The van der Waals surface area contributed by atoms with Gasteiger partial charge in [-0.2, -0.15) is 0 Å². The summed E-state index contributed by atoms with van der Waals surface area (Å²) in [7, 11) is 1.87. The second-order valence-electron chi connectivity index (χ2n) is 4.94. The first-order chi connectivity index (χ1) is 8.65. The highest BCUT2D eigenvalue weighted by molar-refractivity contribution is 5.93. The molecule has 0 spiro atoms. The first kappa shape index (κ1) is 13.1. The molecule has 1 saturated heterocycles. The highest BCUT2D eigenvalue weighted by Gasteiger charge is 2.16. The largest absolute Gasteiger partial charge is 0.390 e. The maximum Gasteiger partial charge on any atom is 0.252 e. The van der Waals surface area contributed by atoms with Gasteiger partial charge in [0.15, 0.2) is 0 Å². The molecule has 100 valence electrons. The number of carbonyl (C=O) groups is 1. The van der Waals surface area contributed by atoms with Gasteiger partial charge in [-0.1, -0.05) is 0 Å². The molecule has 2 N–H and O–H groups in total. The average Bonchev–Trinajstić information content (AvgIpc) is 2.97. The van der Waals surface area contributed by atoms with Gasteiger partial charge in [0.1, 0.15) is 0 Å². The Hall–Kier alpha value is -1.33. The molecule has 1 aromatic rings. The third kappa shape index (κ3) is 3.58. The Labute approximate surface area is 107 Å². The number of likely N-dealkylation sites (tertiary alicyclic amines) is 1. The van der Waals surface area contributed by atoms with Crippen LogP contribution in [0.25, 0.3) is 0 Å². The van der Waals surface area contributed by atoms with Crippen molar-refractivity contribution in [2.45, 2.75) is 18.9 Å². The number of aliphatic hydroxyl groups excluding tert-OH is 1. The molecule has 1 fully saturated rings. The number of nitrogens with one attached hydrogen (secondary N) is 1. The molecule has 18 heavy (non-hydrogen) atoms. The highest BCUT2D eigenvalue weighted by Crippen LogP contribution is 2.07. The van der Waals surface area contributed by atoms with E-state index in [9.17, 15) is 9.90 Å². The van der Waals surface area contributed by atoms with Crippen LogP contribution in [0.4, 0.5) is 0 Å². The van der Waals surface area contributed by atoms with E-state index in [-0.39, 0.29) is 5.91 Å². The lowest BCUT2D eigenvalue weighted by molar-refractivity contribution is 0.0879. The van der Waals surface area contributed by atoms with Gasteiger partial charge in [0.25, 0.3) is 5.91 Å². The Balaban J connectivity index is 1.71. The molecule has 1 atom stereocenters. The molecule has 0 aromatic carbocycles. The number of nitrogens with zero attached hydrogens (tertiary/aromatic N) is 2. The van der Waals surface area contributed by atoms with Crippen molar-refractivity contribution < 1.29 is 9.90 Å². The molecule has 2 rings (SSSR count). The molecule has 1 aliphatic heterocycles. The summed E-state index contributed by atoms with van der Waals surface area (Å²) in [6.45, 7) is 3.08. The Morgan fingerprint density at radius 3 is 2.83 bits per heavy atom. The third-order valence-electron chi connectivity index (χ3n) is 3.26. The number of aryl methyl sites for hydroxylation is 1. The van der Waals surface area contributed by atoms with Crippen LogP contribution in [-0.4, -0.2) is 52.8 Å². The molecular formula is C13H21N3O2. The number of aromatic nitrogens is 1. The van der Waals surface area contributed by atoms with E-state index in [0.29, 0.717) is 18.7 Å². The summed E-state index contributed by atoms with van der Waals surface area (Å²) in [4.78, 5) is 14.0. The van der Waals surface area contributed by atoms with Crippen molar-refractivity contribution in [2.75, 3.05) is 26.2 Å². The molecule has 1 unspecified atom stereocenters. The lowest BCUT2D eigenvalue weighted by atomic mass is 10.3. The topological polar surface area (TPSA) is 57.5 Å². The standard InChI is InChI=1S/C13H21N3O2/c1-15-7-4-11(9-15)13(18)14-8-12(17)10-16-5-2-3-6-16/h4,7,9,12,17H,2-3,5-6,8,10H2,1H3,(H,14,18). The van der Waals surface area contributed by atoms with Crippen LogP contribution in [0.2, 0.25) is 0 Å². The van der Waals surface area contributed by atoms with E-state index in [1.54, 1.807) is 12.3 Å².